The second-order valence-corrected chi connectivity index (χ2v) is 6.01. The van der Waals surface area contributed by atoms with E-state index in [2.05, 4.69) is 5.32 Å². The lowest BCUT2D eigenvalue weighted by Gasteiger charge is -2.28. The minimum absolute atomic E-state index is 0.0534. The second-order valence-electron chi connectivity index (χ2n) is 6.01. The van der Waals surface area contributed by atoms with Gasteiger partial charge in [-0.1, -0.05) is 54.6 Å². The molecule has 0 spiro atoms. The van der Waals surface area contributed by atoms with Crippen molar-refractivity contribution in [2.45, 2.75) is 12.5 Å². The molecule has 0 aromatic heterocycles. The first-order valence-corrected chi connectivity index (χ1v) is 8.42. The molecule has 6 nitrogen and oxygen atoms in total. The average Bonchev–Trinajstić information content (AvgIpc) is 2.66. The number of amides is 2. The first kappa shape index (κ1) is 17.8. The van der Waals surface area contributed by atoms with Crippen LogP contribution in [-0.4, -0.2) is 36.1 Å². The van der Waals surface area contributed by atoms with Crippen LogP contribution in [0.3, 0.4) is 0 Å². The molecule has 1 saturated heterocycles. The molecule has 2 aromatic carbocycles. The molecule has 1 fully saturated rings. The van der Waals surface area contributed by atoms with Crippen LogP contribution < -0.4 is 11.2 Å². The van der Waals surface area contributed by atoms with Gasteiger partial charge in [-0.15, -0.1) is 0 Å². The van der Waals surface area contributed by atoms with Crippen LogP contribution in [0.15, 0.2) is 54.6 Å². The first-order chi connectivity index (χ1) is 12.6. The summed E-state index contributed by atoms with van der Waals surface area (Å²) < 4.78 is 5.32. The molecule has 1 unspecified atom stereocenters. The zero-order valence-corrected chi connectivity index (χ0v) is 14.3. The Morgan fingerprint density at radius 3 is 2.46 bits per heavy atom. The van der Waals surface area contributed by atoms with Gasteiger partial charge in [-0.25, -0.2) is 5.84 Å². The second kappa shape index (κ2) is 8.42. The Morgan fingerprint density at radius 2 is 1.77 bits per heavy atom. The number of anilines is 1. The SMILES string of the molecule is NN1CCOC(CC(=O)Nc2ccc(/C=C/c3ccccc3)cc2)C1=O. The fraction of sp³-hybridized carbons (Fsp3) is 0.200. The lowest BCUT2D eigenvalue weighted by Crippen LogP contribution is -2.52. The van der Waals surface area contributed by atoms with Crippen molar-refractivity contribution in [2.24, 2.45) is 5.84 Å². The number of nitrogens with zero attached hydrogens (tertiary/aromatic N) is 1. The normalized spacial score (nSPS) is 17.5. The molecule has 2 aromatic rings. The van der Waals surface area contributed by atoms with Crippen molar-refractivity contribution in [2.75, 3.05) is 18.5 Å². The van der Waals surface area contributed by atoms with E-state index in [1.165, 1.54) is 0 Å². The summed E-state index contributed by atoms with van der Waals surface area (Å²) >= 11 is 0. The molecule has 134 valence electrons. The number of morpholine rings is 1. The van der Waals surface area contributed by atoms with Crippen LogP contribution in [0.4, 0.5) is 5.69 Å². The van der Waals surface area contributed by atoms with Gasteiger partial charge in [0.15, 0.2) is 0 Å². The number of carbonyl (C=O) groups is 2. The molecule has 2 amide bonds. The summed E-state index contributed by atoms with van der Waals surface area (Å²) in [5, 5.41) is 3.86. The van der Waals surface area contributed by atoms with Gasteiger partial charge in [0.05, 0.1) is 19.6 Å². The lowest BCUT2D eigenvalue weighted by atomic mass is 10.1. The number of ether oxygens (including phenoxy) is 1. The maximum absolute atomic E-state index is 12.1. The largest absolute Gasteiger partial charge is 0.366 e. The van der Waals surface area contributed by atoms with Crippen molar-refractivity contribution >= 4 is 29.7 Å². The van der Waals surface area contributed by atoms with Crippen LogP contribution in [0.1, 0.15) is 17.5 Å². The number of nitrogens with one attached hydrogen (secondary N) is 1. The predicted octanol–water partition coefficient (Wildman–Crippen LogP) is 2.29. The van der Waals surface area contributed by atoms with Crippen molar-refractivity contribution in [3.63, 3.8) is 0 Å². The molecule has 0 aliphatic carbocycles. The highest BCUT2D eigenvalue weighted by atomic mass is 16.5. The van der Waals surface area contributed by atoms with E-state index in [1.807, 2.05) is 66.7 Å². The van der Waals surface area contributed by atoms with Gasteiger partial charge in [-0.3, -0.25) is 14.6 Å². The number of hydrogen-bond donors (Lipinski definition) is 2. The highest BCUT2D eigenvalue weighted by Crippen LogP contribution is 2.14. The maximum atomic E-state index is 12.1. The van der Waals surface area contributed by atoms with E-state index in [4.69, 9.17) is 10.6 Å². The molecular weight excluding hydrogens is 330 g/mol. The Bertz CT molecular complexity index is 788. The molecule has 1 aliphatic heterocycles. The van der Waals surface area contributed by atoms with Crippen molar-refractivity contribution in [1.82, 2.24) is 5.01 Å². The molecule has 0 bridgehead atoms. The van der Waals surface area contributed by atoms with E-state index in [0.29, 0.717) is 18.8 Å². The molecule has 3 rings (SSSR count). The van der Waals surface area contributed by atoms with Gasteiger partial charge >= 0.3 is 0 Å². The summed E-state index contributed by atoms with van der Waals surface area (Å²) in [6.07, 6.45) is 3.16. The van der Waals surface area contributed by atoms with E-state index >= 15 is 0 Å². The van der Waals surface area contributed by atoms with Gasteiger partial charge in [0.2, 0.25) is 5.91 Å². The Labute approximate surface area is 152 Å². The van der Waals surface area contributed by atoms with Crippen LogP contribution in [0, 0.1) is 0 Å². The lowest BCUT2D eigenvalue weighted by molar-refractivity contribution is -0.155. The molecule has 1 atom stereocenters. The third-order valence-electron chi connectivity index (χ3n) is 4.04. The van der Waals surface area contributed by atoms with Gasteiger partial charge < -0.3 is 10.1 Å². The highest BCUT2D eigenvalue weighted by Gasteiger charge is 2.29. The minimum Gasteiger partial charge on any atom is -0.366 e. The topological polar surface area (TPSA) is 84.7 Å². The summed E-state index contributed by atoms with van der Waals surface area (Å²) in [4.78, 5) is 23.9. The molecule has 0 saturated carbocycles. The standard InChI is InChI=1S/C20H21N3O3/c21-23-12-13-26-18(20(23)25)14-19(24)22-17-10-8-16(9-11-17)7-6-15-4-2-1-3-5-15/h1-11,18H,12-14,21H2,(H,22,24)/b7-6+. The zero-order valence-electron chi connectivity index (χ0n) is 14.3. The summed E-state index contributed by atoms with van der Waals surface area (Å²) in [6.45, 7) is 0.678. The van der Waals surface area contributed by atoms with Crippen LogP contribution in [0.2, 0.25) is 0 Å². The number of benzene rings is 2. The van der Waals surface area contributed by atoms with E-state index in [9.17, 15) is 9.59 Å². The fourth-order valence-electron chi connectivity index (χ4n) is 2.62. The molecule has 6 heteroatoms. The van der Waals surface area contributed by atoms with Gasteiger partial charge in [0, 0.05) is 5.69 Å². The van der Waals surface area contributed by atoms with Crippen LogP contribution in [0.25, 0.3) is 12.2 Å². The third-order valence-corrected chi connectivity index (χ3v) is 4.04. The van der Waals surface area contributed by atoms with Crippen molar-refractivity contribution < 1.29 is 14.3 Å². The van der Waals surface area contributed by atoms with E-state index < -0.39 is 6.10 Å². The summed E-state index contributed by atoms with van der Waals surface area (Å²) in [5.74, 6) is 4.90. The average molecular weight is 351 g/mol. The third kappa shape index (κ3) is 4.78. The predicted molar refractivity (Wildman–Crippen MR) is 101 cm³/mol. The molecule has 1 heterocycles. The number of hydrogen-bond acceptors (Lipinski definition) is 4. The summed E-state index contributed by atoms with van der Waals surface area (Å²) in [6, 6.07) is 17.5. The zero-order chi connectivity index (χ0) is 18.4. The molecular formula is C20H21N3O3. The van der Waals surface area contributed by atoms with Crippen molar-refractivity contribution in [3.05, 3.63) is 65.7 Å². The highest BCUT2D eigenvalue weighted by molar-refractivity contribution is 5.95. The van der Waals surface area contributed by atoms with Gasteiger partial charge in [0.25, 0.3) is 5.91 Å². The molecule has 26 heavy (non-hydrogen) atoms. The van der Waals surface area contributed by atoms with Gasteiger partial charge in [0.1, 0.15) is 6.10 Å². The van der Waals surface area contributed by atoms with Crippen LogP contribution in [0.5, 0.6) is 0 Å². The quantitative estimate of drug-likeness (QED) is 0.492. The Hall–Kier alpha value is -2.96. The fourth-order valence-corrected chi connectivity index (χ4v) is 2.62. The molecule has 0 radical (unpaired) electrons. The maximum Gasteiger partial charge on any atom is 0.266 e. The van der Waals surface area contributed by atoms with Gasteiger partial charge in [-0.2, -0.15) is 0 Å². The Balaban J connectivity index is 1.54. The summed E-state index contributed by atoms with van der Waals surface area (Å²) in [7, 11) is 0. The number of rotatable bonds is 5. The van der Waals surface area contributed by atoms with E-state index in [1.54, 1.807) is 0 Å². The van der Waals surface area contributed by atoms with Crippen LogP contribution in [-0.2, 0) is 14.3 Å². The first-order valence-electron chi connectivity index (χ1n) is 8.42. The van der Waals surface area contributed by atoms with E-state index in [0.717, 1.165) is 16.1 Å². The van der Waals surface area contributed by atoms with Crippen molar-refractivity contribution in [3.8, 4) is 0 Å². The minimum atomic E-state index is -0.818. The van der Waals surface area contributed by atoms with Gasteiger partial charge in [-0.05, 0) is 23.3 Å². The molecule has 3 N–H and O–H groups in total. The number of carbonyl (C=O) groups excluding carboxylic acids is 2. The molecule has 1 aliphatic rings. The summed E-state index contributed by atoms with van der Waals surface area (Å²) in [5.41, 5.74) is 2.81. The Morgan fingerprint density at radius 1 is 1.12 bits per heavy atom. The smallest absolute Gasteiger partial charge is 0.266 e. The monoisotopic (exact) mass is 351 g/mol. The Kier molecular flexibility index (Phi) is 5.78. The number of nitrogens with two attached hydrogens (primary N) is 1. The van der Waals surface area contributed by atoms with Crippen LogP contribution >= 0.6 is 0 Å². The number of hydrazine groups is 1. The van der Waals surface area contributed by atoms with E-state index in [-0.39, 0.29) is 18.2 Å². The van der Waals surface area contributed by atoms with Crippen molar-refractivity contribution in [1.29, 1.82) is 0 Å².